The molecular weight excluding hydrogens is 494 g/mol. The zero-order chi connectivity index (χ0) is 24.6. The van der Waals surface area contributed by atoms with Gasteiger partial charge in [0.25, 0.3) is 11.5 Å². The number of thioether (sulfide) groups is 1. The number of carbonyl (C=O) groups excluding carboxylic acids is 2. The van der Waals surface area contributed by atoms with Crippen molar-refractivity contribution in [2.75, 3.05) is 17.7 Å². The number of fused-ring (bicyclic) bond motifs is 4. The highest BCUT2D eigenvalue weighted by Gasteiger charge is 2.24. The third-order valence-electron chi connectivity index (χ3n) is 6.52. The number of rotatable bonds is 7. The van der Waals surface area contributed by atoms with Gasteiger partial charge in [-0.2, -0.15) is 0 Å². The second kappa shape index (κ2) is 9.55. The molecule has 7 nitrogen and oxygen atoms in total. The topological polar surface area (TPSA) is 90.3 Å². The average Bonchev–Trinajstić information content (AvgIpc) is 3.48. The smallest absolute Gasteiger partial charge is 0.263 e. The zero-order valence-electron chi connectivity index (χ0n) is 19.4. The fourth-order valence-corrected chi connectivity index (χ4v) is 6.94. The van der Waals surface area contributed by atoms with E-state index in [1.807, 2.05) is 30.3 Å². The Labute approximate surface area is 215 Å². The van der Waals surface area contributed by atoms with Crippen LogP contribution in [0.3, 0.4) is 0 Å². The number of Topliss-reactive ketones (excluding diaryl/α,β-unsaturated/α-hetero) is 1. The molecule has 2 aromatic heterocycles. The summed E-state index contributed by atoms with van der Waals surface area (Å²) in [4.78, 5) is 45.3. The summed E-state index contributed by atoms with van der Waals surface area (Å²) in [6, 6.07) is 15.1. The van der Waals surface area contributed by atoms with Crippen molar-refractivity contribution in [3.63, 3.8) is 0 Å². The Morgan fingerprint density at radius 1 is 1.14 bits per heavy atom. The van der Waals surface area contributed by atoms with Crippen molar-refractivity contribution < 1.29 is 14.3 Å². The predicted octanol–water partition coefficient (Wildman–Crippen LogP) is 4.50. The number of anilines is 1. The normalized spacial score (nSPS) is 14.3. The molecule has 1 amide bonds. The molecule has 2 aliphatic rings. The maximum atomic E-state index is 13.7. The third kappa shape index (κ3) is 4.33. The first-order valence-electron chi connectivity index (χ1n) is 11.9. The van der Waals surface area contributed by atoms with Crippen LogP contribution in [-0.2, 0) is 30.6 Å². The van der Waals surface area contributed by atoms with Crippen molar-refractivity contribution in [3.05, 3.63) is 80.5 Å². The molecule has 1 aliphatic heterocycles. The quantitative estimate of drug-likeness (QED) is 0.221. The summed E-state index contributed by atoms with van der Waals surface area (Å²) in [6.45, 7) is 0.464. The van der Waals surface area contributed by atoms with Gasteiger partial charge in [-0.25, -0.2) is 4.98 Å². The summed E-state index contributed by atoms with van der Waals surface area (Å²) < 4.78 is 7.12. The van der Waals surface area contributed by atoms with E-state index in [9.17, 15) is 14.4 Å². The Bertz CT molecular complexity index is 1560. The summed E-state index contributed by atoms with van der Waals surface area (Å²) in [7, 11) is 0. The van der Waals surface area contributed by atoms with Gasteiger partial charge >= 0.3 is 0 Å². The summed E-state index contributed by atoms with van der Waals surface area (Å²) in [6.07, 6.45) is 3.71. The Morgan fingerprint density at radius 2 is 2.00 bits per heavy atom. The van der Waals surface area contributed by atoms with Gasteiger partial charge in [-0.3, -0.25) is 19.0 Å². The highest BCUT2D eigenvalue weighted by Crippen LogP contribution is 2.36. The van der Waals surface area contributed by atoms with Gasteiger partial charge in [0.05, 0.1) is 16.8 Å². The Balaban J connectivity index is 1.29. The lowest BCUT2D eigenvalue weighted by Gasteiger charge is -2.18. The van der Waals surface area contributed by atoms with Crippen molar-refractivity contribution in [1.82, 2.24) is 9.55 Å². The largest absolute Gasteiger partial charge is 0.482 e. The molecule has 0 saturated carbocycles. The van der Waals surface area contributed by atoms with Crippen LogP contribution in [0.1, 0.15) is 32.8 Å². The lowest BCUT2D eigenvalue weighted by atomic mass is 10.1. The van der Waals surface area contributed by atoms with Crippen LogP contribution >= 0.6 is 23.1 Å². The molecule has 36 heavy (non-hydrogen) atoms. The minimum Gasteiger partial charge on any atom is -0.482 e. The van der Waals surface area contributed by atoms with Gasteiger partial charge < -0.3 is 10.1 Å². The summed E-state index contributed by atoms with van der Waals surface area (Å²) in [5.74, 6) is 0.318. The maximum Gasteiger partial charge on any atom is 0.263 e. The van der Waals surface area contributed by atoms with Gasteiger partial charge in [0.15, 0.2) is 17.5 Å². The summed E-state index contributed by atoms with van der Waals surface area (Å²) >= 11 is 2.89. The SMILES string of the molecule is O=C1COc2ccc(C(=O)CSc3nc4sc5c(c4c(=O)n3CCc3ccccc3)CCC5)cc2N1. The average molecular weight is 518 g/mol. The lowest BCUT2D eigenvalue weighted by molar-refractivity contribution is -0.118. The number of hydrogen-bond donors (Lipinski definition) is 1. The molecule has 1 aliphatic carbocycles. The molecule has 0 atom stereocenters. The van der Waals surface area contributed by atoms with E-state index < -0.39 is 0 Å². The number of benzene rings is 2. The molecule has 0 spiro atoms. The Kier molecular flexibility index (Phi) is 6.10. The van der Waals surface area contributed by atoms with E-state index in [1.54, 1.807) is 34.1 Å². The number of aryl methyl sites for hydroxylation is 3. The van der Waals surface area contributed by atoms with Crippen LogP contribution in [0.5, 0.6) is 5.75 Å². The van der Waals surface area contributed by atoms with Crippen LogP contribution in [0.25, 0.3) is 10.2 Å². The maximum absolute atomic E-state index is 13.7. The van der Waals surface area contributed by atoms with Crippen LogP contribution in [0.2, 0.25) is 0 Å². The van der Waals surface area contributed by atoms with Crippen molar-refractivity contribution in [2.24, 2.45) is 0 Å². The van der Waals surface area contributed by atoms with Crippen LogP contribution in [-0.4, -0.2) is 33.6 Å². The van der Waals surface area contributed by atoms with Gasteiger partial charge in [-0.05, 0) is 55.0 Å². The van der Waals surface area contributed by atoms with Gasteiger partial charge in [0.1, 0.15) is 10.6 Å². The lowest BCUT2D eigenvalue weighted by Crippen LogP contribution is -2.25. The highest BCUT2D eigenvalue weighted by molar-refractivity contribution is 7.99. The Hall–Kier alpha value is -3.43. The minimum absolute atomic E-state index is 0.0149. The van der Waals surface area contributed by atoms with Crippen LogP contribution in [0.15, 0.2) is 58.5 Å². The number of amides is 1. The molecule has 1 N–H and O–H groups in total. The molecule has 182 valence electrons. The van der Waals surface area contributed by atoms with Crippen molar-refractivity contribution >= 4 is 50.7 Å². The molecule has 0 radical (unpaired) electrons. The van der Waals surface area contributed by atoms with Gasteiger partial charge in [-0.15, -0.1) is 11.3 Å². The van der Waals surface area contributed by atoms with E-state index >= 15 is 0 Å². The number of thiophene rings is 1. The number of hydrogen-bond acceptors (Lipinski definition) is 7. The molecule has 4 aromatic rings. The minimum atomic E-state index is -0.246. The van der Waals surface area contributed by atoms with Gasteiger partial charge in [0.2, 0.25) is 0 Å². The molecule has 2 aromatic carbocycles. The van der Waals surface area contributed by atoms with E-state index in [-0.39, 0.29) is 29.6 Å². The van der Waals surface area contributed by atoms with E-state index in [1.165, 1.54) is 16.6 Å². The molecule has 0 fully saturated rings. The number of nitrogens with one attached hydrogen (secondary N) is 1. The molecule has 6 rings (SSSR count). The molecule has 3 heterocycles. The molecule has 0 saturated heterocycles. The molecule has 0 unspecified atom stereocenters. The van der Waals surface area contributed by atoms with E-state index in [0.717, 1.165) is 40.6 Å². The fourth-order valence-electron chi connectivity index (χ4n) is 4.72. The number of ether oxygens (including phenoxy) is 1. The number of ketones is 1. The second-order valence-corrected chi connectivity index (χ2v) is 10.9. The molecule has 9 heteroatoms. The van der Waals surface area contributed by atoms with E-state index in [0.29, 0.717) is 35.1 Å². The van der Waals surface area contributed by atoms with Crippen LogP contribution < -0.4 is 15.6 Å². The van der Waals surface area contributed by atoms with E-state index in [2.05, 4.69) is 5.32 Å². The number of nitrogens with zero attached hydrogens (tertiary/aromatic N) is 2. The van der Waals surface area contributed by atoms with Crippen molar-refractivity contribution in [2.45, 2.75) is 37.4 Å². The fraction of sp³-hybridized carbons (Fsp3) is 0.259. The summed E-state index contributed by atoms with van der Waals surface area (Å²) in [5.41, 5.74) is 3.26. The molecular formula is C27H23N3O4S2. The Morgan fingerprint density at radius 3 is 2.86 bits per heavy atom. The number of aromatic nitrogens is 2. The first-order chi connectivity index (χ1) is 17.6. The highest BCUT2D eigenvalue weighted by atomic mass is 32.2. The summed E-state index contributed by atoms with van der Waals surface area (Å²) in [5, 5.41) is 4.05. The van der Waals surface area contributed by atoms with E-state index in [4.69, 9.17) is 9.72 Å². The van der Waals surface area contributed by atoms with Crippen LogP contribution in [0, 0.1) is 0 Å². The molecule has 0 bridgehead atoms. The third-order valence-corrected chi connectivity index (χ3v) is 8.69. The first kappa shape index (κ1) is 23.0. The van der Waals surface area contributed by atoms with Crippen molar-refractivity contribution in [3.8, 4) is 5.75 Å². The van der Waals surface area contributed by atoms with Gasteiger partial charge in [0, 0.05) is 17.0 Å². The zero-order valence-corrected chi connectivity index (χ0v) is 21.0. The van der Waals surface area contributed by atoms with Crippen LogP contribution in [0.4, 0.5) is 5.69 Å². The predicted molar refractivity (Wildman–Crippen MR) is 142 cm³/mol. The standard InChI is InChI=1S/C27H23N3O4S2/c31-20(17-9-10-21-19(13-17)28-23(32)14-34-21)15-35-27-29-25-24(18-7-4-8-22(18)36-25)26(33)30(27)12-11-16-5-2-1-3-6-16/h1-3,5-6,9-10,13H,4,7-8,11-12,14-15H2,(H,28,32). The first-order valence-corrected chi connectivity index (χ1v) is 13.7. The van der Waals surface area contributed by atoms with Gasteiger partial charge in [-0.1, -0.05) is 42.1 Å². The second-order valence-electron chi connectivity index (χ2n) is 8.88. The van der Waals surface area contributed by atoms with Crippen molar-refractivity contribution in [1.29, 1.82) is 0 Å². The monoisotopic (exact) mass is 517 g/mol. The number of carbonyl (C=O) groups is 2.